The summed E-state index contributed by atoms with van der Waals surface area (Å²) >= 11 is 0. The van der Waals surface area contributed by atoms with Gasteiger partial charge in [-0.3, -0.25) is 9.47 Å². The second kappa shape index (κ2) is 11.4. The van der Waals surface area contributed by atoms with Crippen LogP contribution >= 0.6 is 0 Å². The van der Waals surface area contributed by atoms with Gasteiger partial charge in [-0.25, -0.2) is 4.57 Å². The predicted octanol–water partition coefficient (Wildman–Crippen LogP) is 4.35. The van der Waals surface area contributed by atoms with Gasteiger partial charge in [-0.2, -0.15) is 15.1 Å². The lowest BCUT2D eigenvalue weighted by Gasteiger charge is -2.34. The van der Waals surface area contributed by atoms with Gasteiger partial charge < -0.3 is 0 Å². The molecule has 1 aliphatic rings. The zero-order chi connectivity index (χ0) is 26.2. The summed E-state index contributed by atoms with van der Waals surface area (Å²) in [5.41, 5.74) is 7.03. The first-order valence-corrected chi connectivity index (χ1v) is 12.6. The Hall–Kier alpha value is -4.91. The maximum Gasteiger partial charge on any atom is 0.233 e. The zero-order valence-corrected chi connectivity index (χ0v) is 21.2. The molecule has 38 heavy (non-hydrogen) atoms. The largest absolute Gasteiger partial charge is 0.278 e. The lowest BCUT2D eigenvalue weighted by Crippen LogP contribution is -2.43. The first-order chi connectivity index (χ1) is 18.7. The van der Waals surface area contributed by atoms with Crippen molar-refractivity contribution in [1.29, 1.82) is 10.5 Å². The van der Waals surface area contributed by atoms with E-state index in [1.165, 1.54) is 16.7 Å². The average molecular weight is 498 g/mol. The number of nitrogens with zero attached hydrogens (tertiary/aromatic N) is 6. The van der Waals surface area contributed by atoms with Gasteiger partial charge in [-0.05, 0) is 46.5 Å². The third kappa shape index (κ3) is 5.90. The summed E-state index contributed by atoms with van der Waals surface area (Å²) in [6.45, 7) is 3.13. The van der Waals surface area contributed by atoms with Crippen molar-refractivity contribution < 1.29 is 13.6 Å². The number of quaternary nitrogens is 1. The van der Waals surface area contributed by atoms with Crippen LogP contribution in [-0.4, -0.2) is 22.6 Å². The Morgan fingerprint density at radius 3 is 1.95 bits per heavy atom. The van der Waals surface area contributed by atoms with Gasteiger partial charge >= 0.3 is 0 Å². The molecule has 1 aliphatic heterocycles. The molecule has 184 valence electrons. The molecule has 0 N–H and O–H groups in total. The quantitative estimate of drug-likeness (QED) is 0.207. The number of aromatic nitrogens is 3. The maximum atomic E-state index is 9.54. The van der Waals surface area contributed by atoms with Crippen LogP contribution < -0.4 is 9.13 Å². The number of allylic oxidation sites excluding steroid dienone is 2. The fourth-order valence-electron chi connectivity index (χ4n) is 4.75. The molecule has 3 aromatic heterocycles. The van der Waals surface area contributed by atoms with Gasteiger partial charge in [0.05, 0.1) is 6.20 Å². The van der Waals surface area contributed by atoms with Crippen molar-refractivity contribution in [2.24, 2.45) is 0 Å². The predicted molar refractivity (Wildman–Crippen MR) is 144 cm³/mol. The number of hydrogen-bond acceptors (Lipinski definition) is 3. The van der Waals surface area contributed by atoms with Crippen LogP contribution in [0.15, 0.2) is 116 Å². The van der Waals surface area contributed by atoms with Crippen LogP contribution in [0, 0.1) is 22.7 Å². The number of nitriles is 2. The number of rotatable bonds is 8. The van der Waals surface area contributed by atoms with Gasteiger partial charge in [-0.15, -0.1) is 0 Å². The zero-order valence-electron chi connectivity index (χ0n) is 21.2. The average Bonchev–Trinajstić information content (AvgIpc) is 2.96. The van der Waals surface area contributed by atoms with Crippen molar-refractivity contribution in [2.75, 3.05) is 13.1 Å². The Morgan fingerprint density at radius 1 is 0.737 bits per heavy atom. The standard InChI is InChI=1S/C32H29N6/c33-13-21-36-17-7-30(8-18-36)31-9-19-37(20-10-31)25-27-1-3-28(4-2-27)26-38(24-14-34)22-11-32(12-23-38)29-5-15-35-16-6-29/h1-12,15-20,22H,21,23-26H2/q+3. The van der Waals surface area contributed by atoms with Gasteiger partial charge in [0.2, 0.25) is 6.54 Å². The van der Waals surface area contributed by atoms with Crippen molar-refractivity contribution in [3.05, 3.63) is 133 Å². The molecule has 0 spiro atoms. The van der Waals surface area contributed by atoms with E-state index < -0.39 is 0 Å². The molecule has 6 nitrogen and oxygen atoms in total. The number of hydrogen-bond donors (Lipinski definition) is 0. The Morgan fingerprint density at radius 2 is 1.37 bits per heavy atom. The van der Waals surface area contributed by atoms with E-state index in [9.17, 15) is 5.26 Å². The molecule has 0 fully saturated rings. The molecule has 1 atom stereocenters. The molecule has 6 heteroatoms. The van der Waals surface area contributed by atoms with E-state index in [0.717, 1.165) is 36.3 Å². The molecule has 5 rings (SSSR count). The molecule has 0 aliphatic carbocycles. The van der Waals surface area contributed by atoms with Crippen molar-refractivity contribution in [2.45, 2.75) is 19.6 Å². The fraction of sp³-hybridized carbons (Fsp3) is 0.156. The van der Waals surface area contributed by atoms with Gasteiger partial charge in [0.1, 0.15) is 25.2 Å². The first kappa shape index (κ1) is 24.8. The van der Waals surface area contributed by atoms with E-state index in [1.807, 2.05) is 41.2 Å². The van der Waals surface area contributed by atoms with E-state index in [1.54, 1.807) is 12.4 Å². The highest BCUT2D eigenvalue weighted by atomic mass is 15.3. The fourth-order valence-corrected chi connectivity index (χ4v) is 4.75. The van der Waals surface area contributed by atoms with E-state index in [2.05, 4.69) is 88.8 Å². The highest BCUT2D eigenvalue weighted by molar-refractivity contribution is 5.74. The van der Waals surface area contributed by atoms with Gasteiger partial charge in [-0.1, -0.05) is 24.3 Å². The van der Waals surface area contributed by atoms with Gasteiger partial charge in [0, 0.05) is 47.8 Å². The van der Waals surface area contributed by atoms with Crippen LogP contribution in [0.25, 0.3) is 16.7 Å². The SMILES string of the molecule is N#CC[n+]1ccc(-c2cc[n+](Cc3ccc(C[N+]4(CC#N)C=CC(c5ccncc5)=CC4)cc3)cc2)cc1. The summed E-state index contributed by atoms with van der Waals surface area (Å²) in [7, 11) is 0. The molecule has 0 bridgehead atoms. The summed E-state index contributed by atoms with van der Waals surface area (Å²) in [5, 5.41) is 18.4. The van der Waals surface area contributed by atoms with E-state index in [4.69, 9.17) is 5.26 Å². The molecule has 0 amide bonds. The minimum atomic E-state index is 0.354. The Kier molecular flexibility index (Phi) is 7.45. The molecule has 4 aromatic rings. The summed E-state index contributed by atoms with van der Waals surface area (Å²) in [5.74, 6) is 0. The Labute approximate surface area is 223 Å². The van der Waals surface area contributed by atoms with E-state index >= 15 is 0 Å². The summed E-state index contributed by atoms with van der Waals surface area (Å²) < 4.78 is 4.62. The smallest absolute Gasteiger partial charge is 0.233 e. The molecule has 1 unspecified atom stereocenters. The highest BCUT2D eigenvalue weighted by Gasteiger charge is 2.27. The second-order valence-corrected chi connectivity index (χ2v) is 9.58. The van der Waals surface area contributed by atoms with Crippen LogP contribution in [0.1, 0.15) is 16.7 Å². The van der Waals surface area contributed by atoms with Gasteiger partial charge in [0.15, 0.2) is 37.9 Å². The van der Waals surface area contributed by atoms with Crippen LogP contribution in [0.5, 0.6) is 0 Å². The van der Waals surface area contributed by atoms with E-state index in [0.29, 0.717) is 17.6 Å². The van der Waals surface area contributed by atoms with Crippen molar-refractivity contribution in [3.8, 4) is 23.3 Å². The minimum absolute atomic E-state index is 0.354. The third-order valence-electron chi connectivity index (χ3n) is 6.90. The molecular formula is C32H29N6+3. The molecule has 0 saturated heterocycles. The second-order valence-electron chi connectivity index (χ2n) is 9.58. The normalized spacial score (nSPS) is 16.3. The molecule has 0 saturated carbocycles. The summed E-state index contributed by atoms with van der Waals surface area (Å²) in [6.07, 6.45) is 18.2. The van der Waals surface area contributed by atoms with Gasteiger partial charge in [0.25, 0.3) is 0 Å². The van der Waals surface area contributed by atoms with Crippen molar-refractivity contribution in [3.63, 3.8) is 0 Å². The molecule has 1 aromatic carbocycles. The number of pyridine rings is 3. The lowest BCUT2D eigenvalue weighted by atomic mass is 10.0. The van der Waals surface area contributed by atoms with Crippen LogP contribution in [-0.2, 0) is 19.6 Å². The lowest BCUT2D eigenvalue weighted by molar-refractivity contribution is -0.880. The maximum absolute atomic E-state index is 9.54. The Bertz CT molecular complexity index is 1520. The van der Waals surface area contributed by atoms with E-state index in [-0.39, 0.29) is 0 Å². The summed E-state index contributed by atoms with van der Waals surface area (Å²) in [4.78, 5) is 4.10. The molecule has 4 heterocycles. The third-order valence-corrected chi connectivity index (χ3v) is 6.90. The van der Waals surface area contributed by atoms with Crippen LogP contribution in [0.4, 0.5) is 0 Å². The van der Waals surface area contributed by atoms with Crippen LogP contribution in [0.2, 0.25) is 0 Å². The highest BCUT2D eigenvalue weighted by Crippen LogP contribution is 2.26. The van der Waals surface area contributed by atoms with Crippen LogP contribution in [0.3, 0.4) is 0 Å². The number of benzene rings is 1. The van der Waals surface area contributed by atoms with Crippen molar-refractivity contribution >= 4 is 5.57 Å². The first-order valence-electron chi connectivity index (χ1n) is 12.6. The Balaban J connectivity index is 1.22. The molecule has 0 radical (unpaired) electrons. The van der Waals surface area contributed by atoms with Crippen molar-refractivity contribution in [1.82, 2.24) is 4.98 Å². The minimum Gasteiger partial charge on any atom is -0.278 e. The topological polar surface area (TPSA) is 68.2 Å². The monoisotopic (exact) mass is 497 g/mol. The molecular weight excluding hydrogens is 468 g/mol. The summed E-state index contributed by atoms with van der Waals surface area (Å²) in [6, 6.07) is 25.6.